The van der Waals surface area contributed by atoms with Gasteiger partial charge in [-0.1, -0.05) is 17.7 Å². The molecule has 96 valence electrons. The number of likely N-dealkylation sites (N-methyl/N-ethyl adjacent to an activating group) is 1. The van der Waals surface area contributed by atoms with E-state index in [1.807, 2.05) is 6.07 Å². The molecule has 0 saturated carbocycles. The molecule has 1 atom stereocenters. The number of rotatable bonds is 6. The van der Waals surface area contributed by atoms with Crippen LogP contribution in [0, 0.1) is 6.92 Å². The average molecular weight is 236 g/mol. The van der Waals surface area contributed by atoms with Crippen molar-refractivity contribution in [2.45, 2.75) is 19.9 Å². The fourth-order valence-corrected chi connectivity index (χ4v) is 1.81. The van der Waals surface area contributed by atoms with Gasteiger partial charge in [0.1, 0.15) is 5.75 Å². The largest absolute Gasteiger partial charge is 0.496 e. The van der Waals surface area contributed by atoms with Crippen LogP contribution in [0.1, 0.15) is 24.1 Å². The first-order valence-corrected chi connectivity index (χ1v) is 6.07. The lowest BCUT2D eigenvalue weighted by Gasteiger charge is -2.19. The van der Waals surface area contributed by atoms with Gasteiger partial charge in [-0.3, -0.25) is 0 Å². The summed E-state index contributed by atoms with van der Waals surface area (Å²) in [5, 5.41) is 3.51. The molecule has 17 heavy (non-hydrogen) atoms. The first kappa shape index (κ1) is 14.0. The van der Waals surface area contributed by atoms with Gasteiger partial charge in [0, 0.05) is 24.7 Å². The Morgan fingerprint density at radius 3 is 2.65 bits per heavy atom. The molecule has 0 heterocycles. The van der Waals surface area contributed by atoms with Crippen LogP contribution in [0.2, 0.25) is 0 Å². The lowest BCUT2D eigenvalue weighted by atomic mass is 10.0. The van der Waals surface area contributed by atoms with Crippen molar-refractivity contribution < 1.29 is 4.74 Å². The predicted molar refractivity (Wildman–Crippen MR) is 72.7 cm³/mol. The van der Waals surface area contributed by atoms with Crippen LogP contribution in [0.3, 0.4) is 0 Å². The Kier molecular flexibility index (Phi) is 5.45. The second-order valence-corrected chi connectivity index (χ2v) is 4.72. The summed E-state index contributed by atoms with van der Waals surface area (Å²) >= 11 is 0. The Bertz CT molecular complexity index is 350. The molecule has 1 aromatic carbocycles. The number of hydrogen-bond acceptors (Lipinski definition) is 3. The first-order valence-electron chi connectivity index (χ1n) is 6.07. The molecular weight excluding hydrogens is 212 g/mol. The van der Waals surface area contributed by atoms with Crippen molar-refractivity contribution in [2.24, 2.45) is 0 Å². The number of methoxy groups -OCH3 is 1. The standard InChI is InChI=1S/C14H24N2O/c1-11-6-7-14(17-5)13(10-11)12(2)15-8-9-16(3)4/h6-7,10,12,15H,8-9H2,1-5H3. The van der Waals surface area contributed by atoms with E-state index in [9.17, 15) is 0 Å². The Hall–Kier alpha value is -1.06. The van der Waals surface area contributed by atoms with Crippen LogP contribution in [0.25, 0.3) is 0 Å². The molecule has 0 aliphatic carbocycles. The van der Waals surface area contributed by atoms with Gasteiger partial charge in [0.25, 0.3) is 0 Å². The summed E-state index contributed by atoms with van der Waals surface area (Å²) in [6.07, 6.45) is 0. The summed E-state index contributed by atoms with van der Waals surface area (Å²) < 4.78 is 5.40. The van der Waals surface area contributed by atoms with Crippen LogP contribution in [0.15, 0.2) is 18.2 Å². The van der Waals surface area contributed by atoms with E-state index in [-0.39, 0.29) is 0 Å². The van der Waals surface area contributed by atoms with Crippen LogP contribution in [-0.4, -0.2) is 39.2 Å². The van der Waals surface area contributed by atoms with Gasteiger partial charge in [-0.2, -0.15) is 0 Å². The van der Waals surface area contributed by atoms with Gasteiger partial charge < -0.3 is 15.0 Å². The van der Waals surface area contributed by atoms with E-state index in [0.29, 0.717) is 6.04 Å². The van der Waals surface area contributed by atoms with E-state index < -0.39 is 0 Å². The van der Waals surface area contributed by atoms with Gasteiger partial charge in [-0.05, 0) is 34.0 Å². The molecule has 0 aliphatic rings. The highest BCUT2D eigenvalue weighted by atomic mass is 16.5. The molecule has 0 saturated heterocycles. The summed E-state index contributed by atoms with van der Waals surface area (Å²) in [6.45, 7) is 6.30. The lowest BCUT2D eigenvalue weighted by Crippen LogP contribution is -2.28. The van der Waals surface area contributed by atoms with Crippen molar-refractivity contribution in [1.82, 2.24) is 10.2 Å². The highest BCUT2D eigenvalue weighted by Crippen LogP contribution is 2.25. The topological polar surface area (TPSA) is 24.5 Å². The monoisotopic (exact) mass is 236 g/mol. The highest BCUT2D eigenvalue weighted by molar-refractivity contribution is 5.38. The molecule has 1 N–H and O–H groups in total. The maximum Gasteiger partial charge on any atom is 0.123 e. The van der Waals surface area contributed by atoms with Crippen molar-refractivity contribution in [3.8, 4) is 5.75 Å². The zero-order valence-corrected chi connectivity index (χ0v) is 11.6. The second-order valence-electron chi connectivity index (χ2n) is 4.72. The Morgan fingerprint density at radius 2 is 2.06 bits per heavy atom. The number of ether oxygens (including phenoxy) is 1. The van der Waals surface area contributed by atoms with Crippen molar-refractivity contribution in [1.29, 1.82) is 0 Å². The second kappa shape index (κ2) is 6.62. The van der Waals surface area contributed by atoms with E-state index in [1.54, 1.807) is 7.11 Å². The Labute approximate surface area is 105 Å². The Balaban J connectivity index is 2.66. The summed E-state index contributed by atoms with van der Waals surface area (Å²) in [5.41, 5.74) is 2.49. The van der Waals surface area contributed by atoms with E-state index in [1.165, 1.54) is 11.1 Å². The summed E-state index contributed by atoms with van der Waals surface area (Å²) in [7, 11) is 5.89. The van der Waals surface area contributed by atoms with Crippen molar-refractivity contribution in [2.75, 3.05) is 34.3 Å². The fourth-order valence-electron chi connectivity index (χ4n) is 1.81. The molecule has 3 heteroatoms. The fraction of sp³-hybridized carbons (Fsp3) is 0.571. The lowest BCUT2D eigenvalue weighted by molar-refractivity contribution is 0.379. The van der Waals surface area contributed by atoms with E-state index >= 15 is 0 Å². The van der Waals surface area contributed by atoms with Gasteiger partial charge >= 0.3 is 0 Å². The van der Waals surface area contributed by atoms with Crippen LogP contribution >= 0.6 is 0 Å². The third kappa shape index (κ3) is 4.36. The summed E-state index contributed by atoms with van der Waals surface area (Å²) in [4.78, 5) is 2.17. The minimum Gasteiger partial charge on any atom is -0.496 e. The van der Waals surface area contributed by atoms with Crippen molar-refractivity contribution in [3.05, 3.63) is 29.3 Å². The first-order chi connectivity index (χ1) is 8.04. The van der Waals surface area contributed by atoms with Crippen LogP contribution in [0.4, 0.5) is 0 Å². The molecule has 0 radical (unpaired) electrons. The molecule has 0 bridgehead atoms. The van der Waals surface area contributed by atoms with Gasteiger partial charge in [0.05, 0.1) is 7.11 Å². The molecule has 3 nitrogen and oxygen atoms in total. The van der Waals surface area contributed by atoms with Gasteiger partial charge in [-0.25, -0.2) is 0 Å². The zero-order valence-electron chi connectivity index (χ0n) is 11.6. The normalized spacial score (nSPS) is 12.8. The predicted octanol–water partition coefficient (Wildman–Crippen LogP) is 2.22. The molecule has 0 amide bonds. The maximum atomic E-state index is 5.40. The number of benzene rings is 1. The van der Waals surface area contributed by atoms with Crippen LogP contribution in [-0.2, 0) is 0 Å². The molecule has 0 aromatic heterocycles. The van der Waals surface area contributed by atoms with E-state index in [0.717, 1.165) is 18.8 Å². The van der Waals surface area contributed by atoms with Crippen molar-refractivity contribution >= 4 is 0 Å². The smallest absolute Gasteiger partial charge is 0.123 e. The third-order valence-electron chi connectivity index (χ3n) is 2.86. The quantitative estimate of drug-likeness (QED) is 0.819. The average Bonchev–Trinajstić information content (AvgIpc) is 2.28. The number of hydrogen-bond donors (Lipinski definition) is 1. The molecule has 1 unspecified atom stereocenters. The zero-order chi connectivity index (χ0) is 12.8. The minimum atomic E-state index is 0.310. The molecule has 1 rings (SSSR count). The molecule has 0 fully saturated rings. The van der Waals surface area contributed by atoms with Gasteiger partial charge in [0.2, 0.25) is 0 Å². The third-order valence-corrected chi connectivity index (χ3v) is 2.86. The highest BCUT2D eigenvalue weighted by Gasteiger charge is 2.10. The molecule has 1 aromatic rings. The summed E-state index contributed by atoms with van der Waals surface area (Å²) in [6, 6.07) is 6.61. The molecular formula is C14H24N2O. The molecule has 0 spiro atoms. The van der Waals surface area contributed by atoms with Crippen LogP contribution in [0.5, 0.6) is 5.75 Å². The van der Waals surface area contributed by atoms with E-state index in [2.05, 4.69) is 50.3 Å². The van der Waals surface area contributed by atoms with Gasteiger partial charge in [-0.15, -0.1) is 0 Å². The number of aryl methyl sites for hydroxylation is 1. The molecule has 0 aliphatic heterocycles. The van der Waals surface area contributed by atoms with Crippen LogP contribution < -0.4 is 10.1 Å². The summed E-state index contributed by atoms with van der Waals surface area (Å²) in [5.74, 6) is 0.959. The SMILES string of the molecule is COc1ccc(C)cc1C(C)NCCN(C)C. The number of nitrogens with one attached hydrogen (secondary N) is 1. The maximum absolute atomic E-state index is 5.40. The van der Waals surface area contributed by atoms with E-state index in [4.69, 9.17) is 4.74 Å². The Morgan fingerprint density at radius 1 is 1.35 bits per heavy atom. The van der Waals surface area contributed by atoms with Gasteiger partial charge in [0.15, 0.2) is 0 Å². The van der Waals surface area contributed by atoms with Crippen molar-refractivity contribution in [3.63, 3.8) is 0 Å². The minimum absolute atomic E-state index is 0.310. The number of nitrogens with zero attached hydrogens (tertiary/aromatic N) is 1.